The zero-order chi connectivity index (χ0) is 17.6. The van der Waals surface area contributed by atoms with Crippen molar-refractivity contribution in [3.8, 4) is 0 Å². The number of nitrogens with two attached hydrogens (primary N) is 1. The lowest BCUT2D eigenvalue weighted by molar-refractivity contribution is -0.140. The van der Waals surface area contributed by atoms with E-state index < -0.39 is 0 Å². The van der Waals surface area contributed by atoms with Crippen LogP contribution in [0.5, 0.6) is 0 Å². The van der Waals surface area contributed by atoms with E-state index in [1.807, 2.05) is 0 Å². The average Bonchev–Trinajstić information content (AvgIpc) is 2.53. The molecule has 2 unspecified atom stereocenters. The Morgan fingerprint density at radius 2 is 2.20 bits per heavy atom. The summed E-state index contributed by atoms with van der Waals surface area (Å²) in [5, 5.41) is 1.07. The van der Waals surface area contributed by atoms with Crippen molar-refractivity contribution in [1.82, 2.24) is 4.98 Å². The van der Waals surface area contributed by atoms with Crippen molar-refractivity contribution in [2.24, 2.45) is 5.92 Å². The van der Waals surface area contributed by atoms with Crippen LogP contribution in [0.25, 0.3) is 10.9 Å². The largest absolute Gasteiger partial charge is 0.466 e. The van der Waals surface area contributed by atoms with E-state index in [-0.39, 0.29) is 5.97 Å². The second kappa shape index (κ2) is 6.17. The third-order valence-electron chi connectivity index (χ3n) is 5.46. The lowest BCUT2D eigenvalue weighted by Gasteiger charge is -2.36. The minimum absolute atomic E-state index is 0.211. The summed E-state index contributed by atoms with van der Waals surface area (Å²) >= 11 is 0. The highest BCUT2D eigenvalue weighted by atomic mass is 16.5. The summed E-state index contributed by atoms with van der Waals surface area (Å²) in [5.74, 6) is 0.745. The number of allylic oxidation sites excluding steroid dienone is 1. The predicted octanol–water partition coefficient (Wildman–Crippen LogP) is 4.05. The minimum Gasteiger partial charge on any atom is -0.466 e. The summed E-state index contributed by atoms with van der Waals surface area (Å²) in [6, 6.07) is 6.32. The lowest BCUT2D eigenvalue weighted by atomic mass is 9.70. The summed E-state index contributed by atoms with van der Waals surface area (Å²) in [6.07, 6.45) is 6.29. The van der Waals surface area contributed by atoms with Crippen LogP contribution in [-0.2, 0) is 16.0 Å². The van der Waals surface area contributed by atoms with Gasteiger partial charge in [-0.25, -0.2) is 0 Å². The Bertz CT molecular complexity index is 885. The molecule has 2 atom stereocenters. The Kier molecular flexibility index (Phi) is 3.98. The molecule has 25 heavy (non-hydrogen) atoms. The van der Waals surface area contributed by atoms with Gasteiger partial charge in [-0.15, -0.1) is 0 Å². The van der Waals surface area contributed by atoms with E-state index in [0.717, 1.165) is 42.3 Å². The summed E-state index contributed by atoms with van der Waals surface area (Å²) in [5.41, 5.74) is 13.5. The molecule has 0 radical (unpaired) electrons. The number of aromatic nitrogens is 1. The second-order valence-electron chi connectivity index (χ2n) is 7.42. The van der Waals surface area contributed by atoms with E-state index in [4.69, 9.17) is 15.5 Å². The molecule has 2 aromatic rings. The molecular formula is C21H24N2O2. The molecule has 2 N–H and O–H groups in total. The molecule has 4 nitrogen and oxygen atoms in total. The number of aryl methyl sites for hydroxylation is 1. The fourth-order valence-corrected chi connectivity index (χ4v) is 4.44. The Morgan fingerprint density at radius 1 is 1.36 bits per heavy atom. The van der Waals surface area contributed by atoms with Crippen molar-refractivity contribution in [2.75, 3.05) is 12.3 Å². The van der Waals surface area contributed by atoms with Crippen molar-refractivity contribution in [1.29, 1.82) is 0 Å². The molecule has 2 bridgehead atoms. The van der Waals surface area contributed by atoms with E-state index >= 15 is 0 Å². The van der Waals surface area contributed by atoms with E-state index in [1.54, 1.807) is 0 Å². The SMILES string of the molecule is CC(=O)OCCC1=CC2Cc3nc4cc(C)ccc4c(N)c3C(C1)C2. The number of esters is 1. The fourth-order valence-electron chi connectivity index (χ4n) is 4.44. The average molecular weight is 336 g/mol. The number of nitrogens with zero attached hydrogens (tertiary/aromatic N) is 1. The van der Waals surface area contributed by atoms with Crippen LogP contribution < -0.4 is 5.73 Å². The molecule has 0 fully saturated rings. The third kappa shape index (κ3) is 3.01. The number of nitrogen functional groups attached to an aromatic ring is 1. The van der Waals surface area contributed by atoms with Crippen molar-refractivity contribution < 1.29 is 9.53 Å². The van der Waals surface area contributed by atoms with Gasteiger partial charge in [-0.1, -0.05) is 23.8 Å². The first-order chi connectivity index (χ1) is 12.0. The number of anilines is 1. The topological polar surface area (TPSA) is 65.2 Å². The summed E-state index contributed by atoms with van der Waals surface area (Å²) in [7, 11) is 0. The van der Waals surface area contributed by atoms with Crippen molar-refractivity contribution >= 4 is 22.6 Å². The van der Waals surface area contributed by atoms with Crippen LogP contribution in [-0.4, -0.2) is 17.6 Å². The maximum atomic E-state index is 11.0. The highest BCUT2D eigenvalue weighted by molar-refractivity contribution is 5.93. The molecule has 0 spiro atoms. The number of hydrogen-bond acceptors (Lipinski definition) is 4. The van der Waals surface area contributed by atoms with Crippen LogP contribution in [0.1, 0.15) is 48.9 Å². The number of carbonyl (C=O) groups excluding carboxylic acids is 1. The lowest BCUT2D eigenvalue weighted by Crippen LogP contribution is -2.25. The number of ether oxygens (including phenoxy) is 1. The van der Waals surface area contributed by atoms with Crippen LogP contribution >= 0.6 is 0 Å². The van der Waals surface area contributed by atoms with Gasteiger partial charge in [-0.05, 0) is 49.7 Å². The number of rotatable bonds is 3. The first kappa shape index (κ1) is 16.1. The monoisotopic (exact) mass is 336 g/mol. The van der Waals surface area contributed by atoms with Gasteiger partial charge >= 0.3 is 5.97 Å². The number of fused-ring (bicyclic) bond motifs is 5. The molecule has 0 amide bonds. The van der Waals surface area contributed by atoms with Gasteiger partial charge in [0.2, 0.25) is 0 Å². The summed E-state index contributed by atoms with van der Waals surface area (Å²) in [4.78, 5) is 15.9. The summed E-state index contributed by atoms with van der Waals surface area (Å²) in [6.45, 7) is 4.02. The molecule has 0 saturated carbocycles. The third-order valence-corrected chi connectivity index (χ3v) is 5.46. The van der Waals surface area contributed by atoms with Crippen molar-refractivity contribution in [3.05, 3.63) is 46.7 Å². The first-order valence-electron chi connectivity index (χ1n) is 9.03. The van der Waals surface area contributed by atoms with Crippen molar-refractivity contribution in [3.63, 3.8) is 0 Å². The zero-order valence-electron chi connectivity index (χ0n) is 14.8. The molecule has 1 aromatic heterocycles. The summed E-state index contributed by atoms with van der Waals surface area (Å²) < 4.78 is 5.11. The van der Waals surface area contributed by atoms with Crippen LogP contribution in [0.15, 0.2) is 29.8 Å². The molecule has 2 aliphatic carbocycles. The molecule has 1 heterocycles. The van der Waals surface area contributed by atoms with Gasteiger partial charge in [0.15, 0.2) is 0 Å². The molecular weight excluding hydrogens is 312 g/mol. The second-order valence-corrected chi connectivity index (χ2v) is 7.42. The van der Waals surface area contributed by atoms with E-state index in [9.17, 15) is 4.79 Å². The van der Waals surface area contributed by atoms with Gasteiger partial charge < -0.3 is 10.5 Å². The molecule has 1 aromatic carbocycles. The normalized spacial score (nSPS) is 21.6. The molecule has 0 aliphatic heterocycles. The van der Waals surface area contributed by atoms with Crippen LogP contribution in [0.4, 0.5) is 5.69 Å². The van der Waals surface area contributed by atoms with E-state index in [0.29, 0.717) is 18.4 Å². The van der Waals surface area contributed by atoms with Gasteiger partial charge in [0, 0.05) is 35.7 Å². The molecule has 2 aliphatic rings. The molecule has 4 rings (SSSR count). The van der Waals surface area contributed by atoms with Gasteiger partial charge in [0.25, 0.3) is 0 Å². The van der Waals surface area contributed by atoms with Gasteiger partial charge in [0.05, 0.1) is 12.1 Å². The molecule has 130 valence electrons. The van der Waals surface area contributed by atoms with E-state index in [2.05, 4.69) is 31.2 Å². The number of carbonyl (C=O) groups is 1. The van der Waals surface area contributed by atoms with Gasteiger partial charge in [-0.2, -0.15) is 0 Å². The van der Waals surface area contributed by atoms with E-state index in [1.165, 1.54) is 29.3 Å². The molecule has 0 saturated heterocycles. The maximum absolute atomic E-state index is 11.0. The Hall–Kier alpha value is -2.36. The minimum atomic E-state index is -0.211. The highest BCUT2D eigenvalue weighted by Crippen LogP contribution is 2.47. The fraction of sp³-hybridized carbons (Fsp3) is 0.429. The van der Waals surface area contributed by atoms with Gasteiger partial charge in [0.1, 0.15) is 0 Å². The van der Waals surface area contributed by atoms with Crippen molar-refractivity contribution in [2.45, 2.75) is 45.4 Å². The van der Waals surface area contributed by atoms with Crippen LogP contribution in [0.2, 0.25) is 0 Å². The number of benzene rings is 1. The smallest absolute Gasteiger partial charge is 0.302 e. The quantitative estimate of drug-likeness (QED) is 0.678. The highest BCUT2D eigenvalue weighted by Gasteiger charge is 2.33. The van der Waals surface area contributed by atoms with Crippen LogP contribution in [0.3, 0.4) is 0 Å². The molecule has 4 heteroatoms. The van der Waals surface area contributed by atoms with Crippen LogP contribution in [0, 0.1) is 12.8 Å². The Labute approximate surface area is 148 Å². The number of hydrogen-bond donors (Lipinski definition) is 1. The standard InChI is InChI=1S/C21H24N2O2/c1-12-3-4-17-18(7-12)23-19-11-15-8-14(5-6-25-13(2)24)9-16(10-15)20(19)21(17)22/h3-4,7-8,15-16H,5-6,9-11H2,1-2H3,(H2,22,23). The Balaban J connectivity index is 1.66. The zero-order valence-corrected chi connectivity index (χ0v) is 14.8. The van der Waals surface area contributed by atoms with Gasteiger partial charge in [-0.3, -0.25) is 9.78 Å². The number of pyridine rings is 1. The first-order valence-corrected chi connectivity index (χ1v) is 9.03. The predicted molar refractivity (Wildman–Crippen MR) is 99.4 cm³/mol. The maximum Gasteiger partial charge on any atom is 0.302 e. The Morgan fingerprint density at radius 3 is 3.00 bits per heavy atom.